The van der Waals surface area contributed by atoms with Gasteiger partial charge in [-0.3, -0.25) is 9.10 Å². The first-order valence-electron chi connectivity index (χ1n) is 9.67. The molecule has 29 heavy (non-hydrogen) atoms. The zero-order valence-electron chi connectivity index (χ0n) is 17.7. The van der Waals surface area contributed by atoms with Crippen LogP contribution in [0.2, 0.25) is 0 Å². The van der Waals surface area contributed by atoms with Crippen LogP contribution in [-0.2, 0) is 14.8 Å². The fraction of sp³-hybridized carbons (Fsp3) is 0.409. The number of rotatable bonds is 9. The molecule has 1 N–H and O–H groups in total. The van der Waals surface area contributed by atoms with Gasteiger partial charge < -0.3 is 10.1 Å². The smallest absolute Gasteiger partial charge is 0.244 e. The highest BCUT2D eigenvalue weighted by molar-refractivity contribution is 7.92. The van der Waals surface area contributed by atoms with Crippen LogP contribution < -0.4 is 14.4 Å². The van der Waals surface area contributed by atoms with E-state index >= 15 is 0 Å². The number of aryl methyl sites for hydroxylation is 2. The molecule has 0 aliphatic heterocycles. The summed E-state index contributed by atoms with van der Waals surface area (Å²) in [5, 5.41) is 2.88. The van der Waals surface area contributed by atoms with Crippen molar-refractivity contribution in [3.63, 3.8) is 0 Å². The Morgan fingerprint density at radius 3 is 2.03 bits per heavy atom. The van der Waals surface area contributed by atoms with E-state index in [9.17, 15) is 13.2 Å². The molecule has 0 bridgehead atoms. The van der Waals surface area contributed by atoms with Gasteiger partial charge in [-0.05, 0) is 51.5 Å². The largest absolute Gasteiger partial charge is 0.491 e. The number of hydrogen-bond acceptors (Lipinski definition) is 4. The second-order valence-corrected chi connectivity index (χ2v) is 9.21. The molecule has 0 fully saturated rings. The van der Waals surface area contributed by atoms with Gasteiger partial charge >= 0.3 is 0 Å². The quantitative estimate of drug-likeness (QED) is 0.677. The van der Waals surface area contributed by atoms with Crippen molar-refractivity contribution < 1.29 is 17.9 Å². The van der Waals surface area contributed by atoms with Gasteiger partial charge in [-0.1, -0.05) is 42.3 Å². The van der Waals surface area contributed by atoms with Crippen LogP contribution in [0.15, 0.2) is 48.5 Å². The van der Waals surface area contributed by atoms with E-state index in [1.165, 1.54) is 4.31 Å². The van der Waals surface area contributed by atoms with Crippen molar-refractivity contribution in [1.29, 1.82) is 0 Å². The third kappa shape index (κ3) is 6.49. The van der Waals surface area contributed by atoms with Gasteiger partial charge in [-0.2, -0.15) is 0 Å². The number of benzene rings is 2. The van der Waals surface area contributed by atoms with Gasteiger partial charge in [0.2, 0.25) is 15.9 Å². The molecule has 1 amide bonds. The molecule has 2 aromatic rings. The molecule has 0 aromatic heterocycles. The Balaban J connectivity index is 2.09. The molecule has 158 valence electrons. The molecular weight excluding hydrogens is 388 g/mol. The highest BCUT2D eigenvalue weighted by atomic mass is 32.2. The van der Waals surface area contributed by atoms with Crippen molar-refractivity contribution in [2.75, 3.05) is 17.2 Å². The monoisotopic (exact) mass is 418 g/mol. The molecule has 2 atom stereocenters. The predicted molar refractivity (Wildman–Crippen MR) is 117 cm³/mol. The van der Waals surface area contributed by atoms with Crippen LogP contribution in [0.5, 0.6) is 5.75 Å². The lowest BCUT2D eigenvalue weighted by Gasteiger charge is -2.31. The van der Waals surface area contributed by atoms with E-state index in [1.54, 1.807) is 19.1 Å². The van der Waals surface area contributed by atoms with E-state index in [1.807, 2.05) is 57.2 Å². The van der Waals surface area contributed by atoms with Crippen LogP contribution in [0.1, 0.15) is 31.4 Å². The van der Waals surface area contributed by atoms with Crippen molar-refractivity contribution in [2.45, 2.75) is 46.2 Å². The van der Waals surface area contributed by atoms with Crippen LogP contribution in [0.25, 0.3) is 0 Å². The summed E-state index contributed by atoms with van der Waals surface area (Å²) in [6, 6.07) is 13.6. The first kappa shape index (κ1) is 22.7. The fourth-order valence-corrected chi connectivity index (χ4v) is 4.20. The SMILES string of the molecule is CC[C@@H](C(=O)N[C@@H](C)COc1ccc(C)cc1)N(c1ccc(C)cc1)S(C)(=O)=O. The van der Waals surface area contributed by atoms with E-state index in [2.05, 4.69) is 5.32 Å². The number of anilines is 1. The highest BCUT2D eigenvalue weighted by Gasteiger charge is 2.32. The third-order valence-electron chi connectivity index (χ3n) is 4.53. The molecule has 0 spiro atoms. The van der Waals surface area contributed by atoms with Gasteiger partial charge in [0, 0.05) is 0 Å². The van der Waals surface area contributed by atoms with Gasteiger partial charge in [0.15, 0.2) is 0 Å². The Morgan fingerprint density at radius 1 is 1.03 bits per heavy atom. The molecule has 0 aliphatic carbocycles. The summed E-state index contributed by atoms with van der Waals surface area (Å²) in [5.74, 6) is 0.375. The lowest BCUT2D eigenvalue weighted by atomic mass is 10.1. The topological polar surface area (TPSA) is 75.7 Å². The zero-order chi connectivity index (χ0) is 21.6. The number of ether oxygens (including phenoxy) is 1. The second-order valence-electron chi connectivity index (χ2n) is 7.35. The Labute approximate surface area is 173 Å². The molecule has 0 unspecified atom stereocenters. The average molecular weight is 419 g/mol. The van der Waals surface area contributed by atoms with Crippen molar-refractivity contribution in [2.24, 2.45) is 0 Å². The number of carbonyl (C=O) groups excluding carboxylic acids is 1. The molecule has 7 heteroatoms. The average Bonchev–Trinajstić information content (AvgIpc) is 2.65. The number of carbonyl (C=O) groups is 1. The van der Waals surface area contributed by atoms with Crippen molar-refractivity contribution in [3.8, 4) is 5.75 Å². The molecule has 0 aliphatic rings. The van der Waals surface area contributed by atoms with Crippen molar-refractivity contribution in [3.05, 3.63) is 59.7 Å². The minimum atomic E-state index is -3.64. The van der Waals surface area contributed by atoms with Gasteiger partial charge in [-0.25, -0.2) is 8.42 Å². The van der Waals surface area contributed by atoms with E-state index in [4.69, 9.17) is 4.74 Å². The predicted octanol–water partition coefficient (Wildman–Crippen LogP) is 3.43. The van der Waals surface area contributed by atoms with Crippen LogP contribution in [0.4, 0.5) is 5.69 Å². The molecule has 0 saturated carbocycles. The molecule has 2 aromatic carbocycles. The summed E-state index contributed by atoms with van der Waals surface area (Å²) in [6.07, 6.45) is 1.46. The molecule has 6 nitrogen and oxygen atoms in total. The highest BCUT2D eigenvalue weighted by Crippen LogP contribution is 2.23. The van der Waals surface area contributed by atoms with E-state index in [-0.39, 0.29) is 18.6 Å². The molecule has 2 rings (SSSR count). The van der Waals surface area contributed by atoms with E-state index in [0.717, 1.165) is 23.1 Å². The van der Waals surface area contributed by atoms with Gasteiger partial charge in [-0.15, -0.1) is 0 Å². The van der Waals surface area contributed by atoms with Crippen LogP contribution in [0, 0.1) is 13.8 Å². The zero-order valence-corrected chi connectivity index (χ0v) is 18.5. The van der Waals surface area contributed by atoms with Gasteiger partial charge in [0.05, 0.1) is 18.0 Å². The maximum absolute atomic E-state index is 12.9. The summed E-state index contributed by atoms with van der Waals surface area (Å²) >= 11 is 0. The lowest BCUT2D eigenvalue weighted by Crippen LogP contribution is -2.52. The first-order chi connectivity index (χ1) is 13.6. The maximum Gasteiger partial charge on any atom is 0.244 e. The lowest BCUT2D eigenvalue weighted by molar-refractivity contribution is -0.123. The molecule has 0 radical (unpaired) electrons. The fourth-order valence-electron chi connectivity index (χ4n) is 2.99. The molecular formula is C22H30N2O4S. The Bertz CT molecular complexity index is 909. The second kappa shape index (κ2) is 9.78. The first-order valence-corrected chi connectivity index (χ1v) is 11.5. The number of nitrogens with zero attached hydrogens (tertiary/aromatic N) is 1. The third-order valence-corrected chi connectivity index (χ3v) is 5.71. The molecule has 0 heterocycles. The minimum absolute atomic E-state index is 0.280. The van der Waals surface area contributed by atoms with E-state index < -0.39 is 16.1 Å². The summed E-state index contributed by atoms with van der Waals surface area (Å²) in [5.41, 5.74) is 2.63. The van der Waals surface area contributed by atoms with Crippen LogP contribution in [0.3, 0.4) is 0 Å². The Morgan fingerprint density at radius 2 is 1.55 bits per heavy atom. The van der Waals surface area contributed by atoms with Crippen molar-refractivity contribution >= 4 is 21.6 Å². The van der Waals surface area contributed by atoms with Crippen LogP contribution in [-0.4, -0.2) is 39.3 Å². The number of hydrogen-bond donors (Lipinski definition) is 1. The molecule has 0 saturated heterocycles. The van der Waals surface area contributed by atoms with E-state index in [0.29, 0.717) is 12.1 Å². The van der Waals surface area contributed by atoms with Gasteiger partial charge in [0.1, 0.15) is 18.4 Å². The Kier molecular flexibility index (Phi) is 7.67. The minimum Gasteiger partial charge on any atom is -0.491 e. The van der Waals surface area contributed by atoms with Crippen LogP contribution >= 0.6 is 0 Å². The maximum atomic E-state index is 12.9. The summed E-state index contributed by atoms with van der Waals surface area (Å²) in [4.78, 5) is 12.9. The standard InChI is InChI=1S/C22H30N2O4S/c1-6-21(24(29(5,26)27)19-11-7-16(2)8-12-19)22(25)23-18(4)15-28-20-13-9-17(3)10-14-20/h7-14,18,21H,6,15H2,1-5H3,(H,23,25)/t18-,21-/m0/s1. The normalized spacial score (nSPS) is 13.4. The van der Waals surface area contributed by atoms with Crippen molar-refractivity contribution in [1.82, 2.24) is 5.32 Å². The Hall–Kier alpha value is -2.54. The van der Waals surface area contributed by atoms with Gasteiger partial charge in [0.25, 0.3) is 0 Å². The number of amides is 1. The summed E-state index contributed by atoms with van der Waals surface area (Å²) < 4.78 is 31.8. The number of sulfonamides is 1. The summed E-state index contributed by atoms with van der Waals surface area (Å²) in [7, 11) is -3.64. The summed E-state index contributed by atoms with van der Waals surface area (Å²) in [6.45, 7) is 7.83. The number of nitrogens with one attached hydrogen (secondary N) is 1.